The van der Waals surface area contributed by atoms with Crippen molar-refractivity contribution in [3.8, 4) is 0 Å². The molecule has 0 aliphatic rings. The van der Waals surface area contributed by atoms with E-state index in [9.17, 15) is 0 Å². The van der Waals surface area contributed by atoms with Crippen molar-refractivity contribution < 1.29 is 0 Å². The molecule has 0 aliphatic heterocycles. The second kappa shape index (κ2) is 2.52. The first-order valence-corrected chi connectivity index (χ1v) is 4.79. The van der Waals surface area contributed by atoms with Crippen molar-refractivity contribution in [3.63, 3.8) is 0 Å². The first-order valence-electron chi connectivity index (χ1n) is 2.18. The molecule has 0 aliphatic carbocycles. The van der Waals surface area contributed by atoms with E-state index >= 15 is 0 Å². The van der Waals surface area contributed by atoms with Crippen LogP contribution in [0, 0.1) is 6.92 Å². The van der Waals surface area contributed by atoms with Crippen LogP contribution in [0.4, 0.5) is 0 Å². The molecule has 0 spiro atoms. The van der Waals surface area contributed by atoms with Crippen LogP contribution in [0.25, 0.3) is 0 Å². The molecule has 0 aromatic carbocycles. The summed E-state index contributed by atoms with van der Waals surface area (Å²) in [5, 5.41) is 0. The molecule has 1 rings (SSSR count). The van der Waals surface area contributed by atoms with E-state index in [2.05, 4.69) is 38.2 Å². The summed E-state index contributed by atoms with van der Waals surface area (Å²) in [6.07, 6.45) is 0. The molecule has 0 fully saturated rings. The minimum atomic E-state index is 0.427. The zero-order valence-electron chi connectivity index (χ0n) is 4.38. The Morgan fingerprint density at radius 1 is 1.50 bits per heavy atom. The Hall–Kier alpha value is 0.699. The molecule has 44 valence electrons. The van der Waals surface area contributed by atoms with E-state index in [4.69, 9.17) is 0 Å². The molecule has 1 heterocycles. The van der Waals surface area contributed by atoms with E-state index in [-0.39, 0.29) is 0 Å². The average molecular weight is 209 g/mol. The Morgan fingerprint density at radius 2 is 2.12 bits per heavy atom. The maximum absolute atomic E-state index is 4.25. The van der Waals surface area contributed by atoms with Crippen LogP contribution in [-0.2, 0) is 0 Å². The fraction of sp³-hybridized carbons (Fsp3) is 0.200. The van der Waals surface area contributed by atoms with Crippen molar-refractivity contribution in [1.82, 2.24) is 0 Å². The van der Waals surface area contributed by atoms with Crippen molar-refractivity contribution in [2.24, 2.45) is 0 Å². The summed E-state index contributed by atoms with van der Waals surface area (Å²) in [5.41, 5.74) is 1.28. The van der Waals surface area contributed by atoms with Gasteiger partial charge in [0.25, 0.3) is 0 Å². The Morgan fingerprint density at radius 3 is 2.25 bits per heavy atom. The van der Waals surface area contributed by atoms with Crippen LogP contribution in [-0.4, -0.2) is 14.5 Å². The van der Waals surface area contributed by atoms with Gasteiger partial charge in [0.2, 0.25) is 0 Å². The third-order valence-corrected chi connectivity index (χ3v) is 4.08. The van der Waals surface area contributed by atoms with Crippen LogP contribution < -0.4 is 0 Å². The molecule has 0 amide bonds. The number of hydrogen-bond donors (Lipinski definition) is 2. The standard InChI is InChI=1S/C5H6S2Se/c1-3-2-4(6)8-5(3)7/h2,6-7H,1H3. The van der Waals surface area contributed by atoms with Gasteiger partial charge in [-0.3, -0.25) is 0 Å². The Bertz CT molecular complexity index is 173. The van der Waals surface area contributed by atoms with Crippen LogP contribution in [0.5, 0.6) is 0 Å². The molecule has 0 saturated carbocycles. The van der Waals surface area contributed by atoms with Crippen LogP contribution in [0.2, 0.25) is 0 Å². The number of aryl methyl sites for hydroxylation is 1. The molecule has 0 atom stereocenters. The van der Waals surface area contributed by atoms with Gasteiger partial charge in [0, 0.05) is 0 Å². The van der Waals surface area contributed by atoms with Gasteiger partial charge in [-0.1, -0.05) is 0 Å². The quantitative estimate of drug-likeness (QED) is 0.471. The summed E-state index contributed by atoms with van der Waals surface area (Å²) in [5.74, 6) is 0. The predicted octanol–water partition coefficient (Wildman–Crippen LogP) is 1.63. The second-order valence-electron chi connectivity index (χ2n) is 1.57. The molecule has 0 radical (unpaired) electrons. The molecule has 0 saturated heterocycles. The Kier molecular flexibility index (Phi) is 2.15. The monoisotopic (exact) mass is 210 g/mol. The molecule has 0 bridgehead atoms. The van der Waals surface area contributed by atoms with Gasteiger partial charge in [0.05, 0.1) is 0 Å². The molecule has 3 heteroatoms. The number of thiol groups is 2. The van der Waals surface area contributed by atoms with Gasteiger partial charge in [0.15, 0.2) is 0 Å². The zero-order valence-corrected chi connectivity index (χ0v) is 7.88. The normalized spacial score (nSPS) is 9.88. The van der Waals surface area contributed by atoms with Gasteiger partial charge in [0.1, 0.15) is 0 Å². The molecular weight excluding hydrogens is 203 g/mol. The summed E-state index contributed by atoms with van der Waals surface area (Å²) in [6.45, 7) is 2.06. The SMILES string of the molecule is Cc1cc(S)[se]c1S. The van der Waals surface area contributed by atoms with E-state index in [0.717, 1.165) is 0 Å². The van der Waals surface area contributed by atoms with Crippen LogP contribution >= 0.6 is 25.3 Å². The zero-order chi connectivity index (χ0) is 6.15. The fourth-order valence-corrected chi connectivity index (χ4v) is 3.45. The second-order valence-corrected chi connectivity index (χ2v) is 6.07. The van der Waals surface area contributed by atoms with Gasteiger partial charge >= 0.3 is 65.9 Å². The molecular formula is C5H6S2Se. The molecule has 1 aromatic heterocycles. The topological polar surface area (TPSA) is 0 Å². The van der Waals surface area contributed by atoms with Crippen molar-refractivity contribution in [3.05, 3.63) is 11.6 Å². The first-order chi connectivity index (χ1) is 3.70. The van der Waals surface area contributed by atoms with Crippen molar-refractivity contribution in [1.29, 1.82) is 0 Å². The summed E-state index contributed by atoms with van der Waals surface area (Å²) >= 11 is 8.89. The summed E-state index contributed by atoms with van der Waals surface area (Å²) in [4.78, 5) is 0. The van der Waals surface area contributed by atoms with Crippen LogP contribution in [0.3, 0.4) is 0 Å². The van der Waals surface area contributed by atoms with Crippen LogP contribution in [0.1, 0.15) is 5.56 Å². The first kappa shape index (κ1) is 6.81. The molecule has 8 heavy (non-hydrogen) atoms. The maximum atomic E-state index is 4.25. The number of rotatable bonds is 0. The van der Waals surface area contributed by atoms with Crippen molar-refractivity contribution in [2.45, 2.75) is 14.5 Å². The third kappa shape index (κ3) is 1.35. The van der Waals surface area contributed by atoms with Gasteiger partial charge in [-0.25, -0.2) is 0 Å². The molecule has 0 unspecified atom stereocenters. The summed E-state index contributed by atoms with van der Waals surface area (Å²) in [7, 11) is 0. The van der Waals surface area contributed by atoms with Gasteiger partial charge < -0.3 is 0 Å². The van der Waals surface area contributed by atoms with E-state index in [1.165, 1.54) is 13.1 Å². The van der Waals surface area contributed by atoms with E-state index in [1.54, 1.807) is 0 Å². The van der Waals surface area contributed by atoms with E-state index in [0.29, 0.717) is 14.5 Å². The molecule has 0 N–H and O–H groups in total. The minimum absolute atomic E-state index is 0.427. The molecule has 0 nitrogen and oxygen atoms in total. The van der Waals surface area contributed by atoms with Gasteiger partial charge in [-0.05, 0) is 0 Å². The Labute approximate surface area is 65.9 Å². The fourth-order valence-electron chi connectivity index (χ4n) is 0.456. The van der Waals surface area contributed by atoms with Crippen molar-refractivity contribution in [2.75, 3.05) is 0 Å². The van der Waals surface area contributed by atoms with E-state index in [1.807, 2.05) is 0 Å². The summed E-state index contributed by atoms with van der Waals surface area (Å²) in [6, 6.07) is 2.07. The van der Waals surface area contributed by atoms with Gasteiger partial charge in [-0.2, -0.15) is 0 Å². The summed E-state index contributed by atoms with van der Waals surface area (Å²) < 4.78 is 2.39. The third-order valence-electron chi connectivity index (χ3n) is 0.879. The molecule has 1 aromatic rings. The van der Waals surface area contributed by atoms with Crippen molar-refractivity contribution >= 4 is 39.8 Å². The number of hydrogen-bond acceptors (Lipinski definition) is 2. The van der Waals surface area contributed by atoms with E-state index < -0.39 is 0 Å². The van der Waals surface area contributed by atoms with Gasteiger partial charge in [-0.15, -0.1) is 0 Å². The average Bonchev–Trinajstić information content (AvgIpc) is 1.85. The predicted molar refractivity (Wildman–Crippen MR) is 42.6 cm³/mol. The van der Waals surface area contributed by atoms with Crippen LogP contribution in [0.15, 0.2) is 13.6 Å². The Balaban J connectivity index is 3.14.